The molecule has 1 aromatic heterocycles. The van der Waals surface area contributed by atoms with Crippen molar-refractivity contribution >= 4 is 28.3 Å². The van der Waals surface area contributed by atoms with Crippen LogP contribution in [0.4, 0.5) is 5.13 Å². The van der Waals surface area contributed by atoms with E-state index in [4.69, 9.17) is 11.6 Å². The zero-order valence-electron chi connectivity index (χ0n) is 11.4. The molecule has 0 spiro atoms. The number of hydrogen-bond donors (Lipinski definition) is 1. The standard InChI is InChI=1S/C13H22ClN3S/c1-9(2)11-15-12(18-17-11)16-13(8-14)6-4-5-10(3)7-13/h9-10H,4-8H2,1-3H3,(H,15,16,17). The highest BCUT2D eigenvalue weighted by atomic mass is 35.5. The van der Waals surface area contributed by atoms with E-state index in [0.717, 1.165) is 29.7 Å². The molecule has 5 heteroatoms. The van der Waals surface area contributed by atoms with E-state index in [2.05, 4.69) is 35.4 Å². The van der Waals surface area contributed by atoms with Crippen molar-refractivity contribution in [3.05, 3.63) is 5.82 Å². The molecule has 2 rings (SSSR count). The first-order valence-electron chi connectivity index (χ1n) is 6.72. The number of rotatable bonds is 4. The van der Waals surface area contributed by atoms with Gasteiger partial charge < -0.3 is 5.32 Å². The van der Waals surface area contributed by atoms with Gasteiger partial charge in [0.1, 0.15) is 5.82 Å². The van der Waals surface area contributed by atoms with Gasteiger partial charge in [0.2, 0.25) is 5.13 Å². The average Bonchev–Trinajstić information content (AvgIpc) is 2.77. The summed E-state index contributed by atoms with van der Waals surface area (Å²) >= 11 is 7.67. The minimum atomic E-state index is 0.0208. The summed E-state index contributed by atoms with van der Waals surface area (Å²) in [5, 5.41) is 4.49. The Balaban J connectivity index is 2.09. The third-order valence-corrected chi connectivity index (χ3v) is 4.83. The molecule has 0 radical (unpaired) electrons. The molecule has 2 unspecified atom stereocenters. The van der Waals surface area contributed by atoms with E-state index >= 15 is 0 Å². The first kappa shape index (κ1) is 14.1. The van der Waals surface area contributed by atoms with E-state index < -0.39 is 0 Å². The molecular weight excluding hydrogens is 266 g/mol. The van der Waals surface area contributed by atoms with E-state index in [-0.39, 0.29) is 5.54 Å². The van der Waals surface area contributed by atoms with Crippen LogP contribution < -0.4 is 5.32 Å². The predicted octanol–water partition coefficient (Wildman–Crippen LogP) is 4.26. The van der Waals surface area contributed by atoms with Crippen molar-refractivity contribution in [3.8, 4) is 0 Å². The lowest BCUT2D eigenvalue weighted by atomic mass is 9.77. The summed E-state index contributed by atoms with van der Waals surface area (Å²) in [6, 6.07) is 0. The summed E-state index contributed by atoms with van der Waals surface area (Å²) in [6.45, 7) is 6.54. The first-order valence-corrected chi connectivity index (χ1v) is 8.03. The Hall–Kier alpha value is -0.350. The van der Waals surface area contributed by atoms with Gasteiger partial charge in [-0.25, -0.2) is 4.98 Å². The van der Waals surface area contributed by atoms with Crippen molar-refractivity contribution in [2.45, 2.75) is 57.9 Å². The van der Waals surface area contributed by atoms with E-state index in [1.807, 2.05) is 0 Å². The van der Waals surface area contributed by atoms with Crippen LogP contribution in [0.15, 0.2) is 0 Å². The highest BCUT2D eigenvalue weighted by molar-refractivity contribution is 7.09. The topological polar surface area (TPSA) is 37.8 Å². The van der Waals surface area contributed by atoms with Crippen LogP contribution >= 0.6 is 23.1 Å². The predicted molar refractivity (Wildman–Crippen MR) is 78.7 cm³/mol. The van der Waals surface area contributed by atoms with Crippen LogP contribution in [0.3, 0.4) is 0 Å². The number of alkyl halides is 1. The summed E-state index contributed by atoms with van der Waals surface area (Å²) in [6.07, 6.45) is 4.83. The molecule has 1 N–H and O–H groups in total. The number of nitrogens with one attached hydrogen (secondary N) is 1. The largest absolute Gasteiger partial charge is 0.354 e. The smallest absolute Gasteiger partial charge is 0.203 e. The van der Waals surface area contributed by atoms with Gasteiger partial charge in [0.05, 0.1) is 5.54 Å². The fourth-order valence-electron chi connectivity index (χ4n) is 2.68. The van der Waals surface area contributed by atoms with Gasteiger partial charge in [-0.3, -0.25) is 0 Å². The van der Waals surface area contributed by atoms with Crippen molar-refractivity contribution in [2.24, 2.45) is 5.92 Å². The molecule has 1 aromatic rings. The Morgan fingerprint density at radius 1 is 1.56 bits per heavy atom. The fraction of sp³-hybridized carbons (Fsp3) is 0.846. The van der Waals surface area contributed by atoms with E-state index in [1.54, 1.807) is 0 Å². The van der Waals surface area contributed by atoms with Crippen LogP contribution in [0.5, 0.6) is 0 Å². The second-order valence-electron chi connectivity index (χ2n) is 5.85. The Morgan fingerprint density at radius 2 is 2.33 bits per heavy atom. The lowest BCUT2D eigenvalue weighted by Crippen LogP contribution is -2.44. The van der Waals surface area contributed by atoms with E-state index in [9.17, 15) is 0 Å². The van der Waals surface area contributed by atoms with Crippen molar-refractivity contribution in [1.29, 1.82) is 0 Å². The third-order valence-electron chi connectivity index (χ3n) is 3.68. The molecule has 1 aliphatic rings. The van der Waals surface area contributed by atoms with Crippen LogP contribution in [0, 0.1) is 5.92 Å². The third kappa shape index (κ3) is 3.15. The molecule has 3 nitrogen and oxygen atoms in total. The highest BCUT2D eigenvalue weighted by Gasteiger charge is 2.35. The van der Waals surface area contributed by atoms with Gasteiger partial charge in [-0.15, -0.1) is 11.6 Å². The van der Waals surface area contributed by atoms with Gasteiger partial charge in [0.15, 0.2) is 0 Å². The molecule has 2 atom stereocenters. The molecule has 1 aliphatic carbocycles. The van der Waals surface area contributed by atoms with E-state index in [1.165, 1.54) is 24.4 Å². The van der Waals surface area contributed by atoms with Crippen LogP contribution in [-0.2, 0) is 0 Å². The lowest BCUT2D eigenvalue weighted by molar-refractivity contribution is 0.279. The maximum absolute atomic E-state index is 6.22. The number of nitrogens with zero attached hydrogens (tertiary/aromatic N) is 2. The Bertz CT molecular complexity index is 393. The van der Waals surface area contributed by atoms with Crippen LogP contribution in [0.2, 0.25) is 0 Å². The Morgan fingerprint density at radius 3 is 2.89 bits per heavy atom. The monoisotopic (exact) mass is 287 g/mol. The molecule has 0 saturated heterocycles. The zero-order valence-corrected chi connectivity index (χ0v) is 12.9. The van der Waals surface area contributed by atoms with Crippen LogP contribution in [0.1, 0.15) is 58.2 Å². The summed E-state index contributed by atoms with van der Waals surface area (Å²) < 4.78 is 4.39. The maximum atomic E-state index is 6.22. The van der Waals surface area contributed by atoms with Crippen molar-refractivity contribution in [2.75, 3.05) is 11.2 Å². The average molecular weight is 288 g/mol. The molecule has 1 saturated carbocycles. The van der Waals surface area contributed by atoms with E-state index in [0.29, 0.717) is 11.8 Å². The quantitative estimate of drug-likeness (QED) is 0.841. The molecule has 18 heavy (non-hydrogen) atoms. The van der Waals surface area contributed by atoms with Gasteiger partial charge in [-0.05, 0) is 18.8 Å². The summed E-state index contributed by atoms with van der Waals surface area (Å²) in [5.74, 6) is 2.70. The number of anilines is 1. The highest BCUT2D eigenvalue weighted by Crippen LogP contribution is 2.36. The fourth-order valence-corrected chi connectivity index (χ4v) is 3.81. The zero-order chi connectivity index (χ0) is 13.2. The van der Waals surface area contributed by atoms with Crippen LogP contribution in [0.25, 0.3) is 0 Å². The summed E-state index contributed by atoms with van der Waals surface area (Å²) in [5.41, 5.74) is 0.0208. The van der Waals surface area contributed by atoms with Gasteiger partial charge in [0.25, 0.3) is 0 Å². The molecule has 102 valence electrons. The van der Waals surface area contributed by atoms with Gasteiger partial charge >= 0.3 is 0 Å². The lowest BCUT2D eigenvalue weighted by Gasteiger charge is -2.39. The first-order chi connectivity index (χ1) is 8.54. The maximum Gasteiger partial charge on any atom is 0.203 e. The van der Waals surface area contributed by atoms with Gasteiger partial charge in [-0.1, -0.05) is 33.6 Å². The second kappa shape index (κ2) is 5.74. The van der Waals surface area contributed by atoms with Gasteiger partial charge in [0, 0.05) is 23.3 Å². The van der Waals surface area contributed by atoms with Gasteiger partial charge in [-0.2, -0.15) is 4.37 Å². The minimum Gasteiger partial charge on any atom is -0.354 e. The summed E-state index contributed by atoms with van der Waals surface area (Å²) in [4.78, 5) is 4.56. The molecule has 0 aromatic carbocycles. The van der Waals surface area contributed by atoms with Crippen molar-refractivity contribution < 1.29 is 0 Å². The Labute approximate surface area is 119 Å². The molecule has 1 fully saturated rings. The summed E-state index contributed by atoms with van der Waals surface area (Å²) in [7, 11) is 0. The molecule has 0 bridgehead atoms. The Kier molecular flexibility index (Phi) is 4.49. The molecule has 1 heterocycles. The number of hydrogen-bond acceptors (Lipinski definition) is 4. The van der Waals surface area contributed by atoms with Crippen LogP contribution in [-0.4, -0.2) is 20.8 Å². The normalized spacial score (nSPS) is 28.6. The SMILES string of the molecule is CC1CCCC(CCl)(Nc2nc(C(C)C)ns2)C1. The molecule has 0 amide bonds. The van der Waals surface area contributed by atoms with Crippen molar-refractivity contribution in [1.82, 2.24) is 9.36 Å². The van der Waals surface area contributed by atoms with Crippen molar-refractivity contribution in [3.63, 3.8) is 0 Å². The second-order valence-corrected chi connectivity index (χ2v) is 6.87. The minimum absolute atomic E-state index is 0.0208. The number of halogens is 1. The molecular formula is C13H22ClN3S. The molecule has 0 aliphatic heterocycles. The number of aromatic nitrogens is 2.